The Morgan fingerprint density at radius 1 is 1.39 bits per heavy atom. The molecule has 0 fully saturated rings. The molecule has 0 aliphatic heterocycles. The van der Waals surface area contributed by atoms with Crippen molar-refractivity contribution in [2.24, 2.45) is 0 Å². The van der Waals surface area contributed by atoms with Crippen LogP contribution in [-0.2, 0) is 0 Å². The van der Waals surface area contributed by atoms with Crippen molar-refractivity contribution in [1.29, 1.82) is 0 Å². The molecule has 98 valence electrons. The highest BCUT2D eigenvalue weighted by Gasteiger charge is 2.06. The molecule has 0 bridgehead atoms. The summed E-state index contributed by atoms with van der Waals surface area (Å²) in [5.41, 5.74) is 0.210. The van der Waals surface area contributed by atoms with Crippen molar-refractivity contribution in [1.82, 2.24) is 19.8 Å². The summed E-state index contributed by atoms with van der Waals surface area (Å²) in [5, 5.41) is 10.4. The third kappa shape index (κ3) is 2.81. The van der Waals surface area contributed by atoms with Crippen molar-refractivity contribution in [2.75, 3.05) is 24.4 Å². The molecule has 18 heavy (non-hydrogen) atoms. The molecule has 2 rings (SSSR count). The number of aromatic amines is 1. The fraction of sp³-hybridized carbons (Fsp3) is 0.545. The number of nitrogens with one attached hydrogen (secondary N) is 1. The zero-order chi connectivity index (χ0) is 13.0. The van der Waals surface area contributed by atoms with Gasteiger partial charge in [0.2, 0.25) is 0 Å². The minimum absolute atomic E-state index is 0.317. The Morgan fingerprint density at radius 2 is 2.22 bits per heavy atom. The van der Waals surface area contributed by atoms with Gasteiger partial charge in [0.15, 0.2) is 5.65 Å². The van der Waals surface area contributed by atoms with Crippen molar-refractivity contribution < 1.29 is 0 Å². The summed E-state index contributed by atoms with van der Waals surface area (Å²) >= 11 is 5.63. The predicted molar refractivity (Wildman–Crippen MR) is 71.4 cm³/mol. The Hall–Kier alpha value is -1.56. The molecule has 6 nitrogen and oxygen atoms in total. The van der Waals surface area contributed by atoms with Crippen molar-refractivity contribution in [2.45, 2.75) is 19.3 Å². The van der Waals surface area contributed by atoms with Gasteiger partial charge in [-0.25, -0.2) is 9.89 Å². The van der Waals surface area contributed by atoms with Crippen LogP contribution in [0.15, 0.2) is 16.9 Å². The lowest BCUT2D eigenvalue weighted by Crippen LogP contribution is -2.22. The maximum atomic E-state index is 11.4. The van der Waals surface area contributed by atoms with E-state index in [4.69, 9.17) is 11.6 Å². The molecule has 0 unspecified atom stereocenters. The van der Waals surface area contributed by atoms with Crippen LogP contribution in [0.4, 0.5) is 5.82 Å². The fourth-order valence-electron chi connectivity index (χ4n) is 1.73. The zero-order valence-corrected chi connectivity index (χ0v) is 11.0. The van der Waals surface area contributed by atoms with Gasteiger partial charge in [0.25, 0.3) is 0 Å². The van der Waals surface area contributed by atoms with E-state index in [9.17, 15) is 4.79 Å². The van der Waals surface area contributed by atoms with Gasteiger partial charge in [-0.1, -0.05) is 6.42 Å². The number of hydrogen-bond acceptors (Lipinski definition) is 4. The topological polar surface area (TPSA) is 66.3 Å². The van der Waals surface area contributed by atoms with Gasteiger partial charge < -0.3 is 4.90 Å². The zero-order valence-electron chi connectivity index (χ0n) is 10.3. The van der Waals surface area contributed by atoms with E-state index in [1.165, 1.54) is 4.52 Å². The van der Waals surface area contributed by atoms with Gasteiger partial charge in [0.05, 0.1) is 0 Å². The molecule has 0 spiro atoms. The lowest BCUT2D eigenvalue weighted by atomic mass is 10.2. The lowest BCUT2D eigenvalue weighted by molar-refractivity contribution is 0.697. The Kier molecular flexibility index (Phi) is 4.19. The first-order valence-corrected chi connectivity index (χ1v) is 6.47. The molecular formula is C11H16ClN5O. The number of nitrogens with zero attached hydrogens (tertiary/aromatic N) is 4. The van der Waals surface area contributed by atoms with Gasteiger partial charge in [0.1, 0.15) is 5.82 Å². The largest absolute Gasteiger partial charge is 0.364 e. The van der Waals surface area contributed by atoms with Gasteiger partial charge in [-0.3, -0.25) is 0 Å². The van der Waals surface area contributed by atoms with Crippen LogP contribution in [-0.4, -0.2) is 39.3 Å². The molecule has 7 heteroatoms. The summed E-state index contributed by atoms with van der Waals surface area (Å²) < 4.78 is 1.27. The van der Waals surface area contributed by atoms with Crippen molar-refractivity contribution in [3.63, 3.8) is 0 Å². The number of unbranched alkanes of at least 4 members (excludes halogenated alkanes) is 2. The highest BCUT2D eigenvalue weighted by molar-refractivity contribution is 6.17. The average Bonchev–Trinajstić information content (AvgIpc) is 2.76. The van der Waals surface area contributed by atoms with E-state index in [0.717, 1.165) is 31.6 Å². The Balaban J connectivity index is 2.05. The third-order valence-corrected chi connectivity index (χ3v) is 3.04. The van der Waals surface area contributed by atoms with Gasteiger partial charge >= 0.3 is 5.69 Å². The van der Waals surface area contributed by atoms with Crippen LogP contribution < -0.4 is 10.6 Å². The number of halogens is 1. The summed E-state index contributed by atoms with van der Waals surface area (Å²) in [6.07, 6.45) is 3.19. The summed E-state index contributed by atoms with van der Waals surface area (Å²) in [4.78, 5) is 13.4. The van der Waals surface area contributed by atoms with Crippen LogP contribution in [0.25, 0.3) is 5.65 Å². The first-order chi connectivity index (χ1) is 8.72. The molecule has 0 amide bonds. The Labute approximate surface area is 110 Å². The second-order valence-electron chi connectivity index (χ2n) is 4.16. The van der Waals surface area contributed by atoms with E-state index in [1.807, 2.05) is 18.0 Å². The molecule has 2 aromatic heterocycles. The molecule has 0 aromatic carbocycles. The highest BCUT2D eigenvalue weighted by Crippen LogP contribution is 2.09. The number of hydrogen-bond donors (Lipinski definition) is 1. The molecule has 2 aromatic rings. The first kappa shape index (κ1) is 12.9. The second kappa shape index (κ2) is 5.86. The van der Waals surface area contributed by atoms with Gasteiger partial charge in [-0.15, -0.1) is 16.7 Å². The van der Waals surface area contributed by atoms with Crippen LogP contribution in [0.5, 0.6) is 0 Å². The van der Waals surface area contributed by atoms with Gasteiger partial charge in [0, 0.05) is 19.5 Å². The number of anilines is 1. The van der Waals surface area contributed by atoms with E-state index in [0.29, 0.717) is 11.5 Å². The van der Waals surface area contributed by atoms with Crippen LogP contribution in [0.1, 0.15) is 19.3 Å². The summed E-state index contributed by atoms with van der Waals surface area (Å²) in [6, 6.07) is 3.63. The summed E-state index contributed by atoms with van der Waals surface area (Å²) in [6.45, 7) is 0.891. The van der Waals surface area contributed by atoms with E-state index in [1.54, 1.807) is 6.07 Å². The number of H-pyrrole nitrogens is 1. The monoisotopic (exact) mass is 269 g/mol. The van der Waals surface area contributed by atoms with E-state index >= 15 is 0 Å². The minimum atomic E-state index is -0.317. The quantitative estimate of drug-likeness (QED) is 0.633. The smallest absolute Gasteiger partial charge is 0.358 e. The highest BCUT2D eigenvalue weighted by atomic mass is 35.5. The number of aromatic nitrogens is 4. The molecule has 0 aliphatic carbocycles. The molecule has 0 atom stereocenters. The molecule has 1 N–H and O–H groups in total. The van der Waals surface area contributed by atoms with E-state index in [-0.39, 0.29) is 5.69 Å². The molecule has 0 saturated heterocycles. The van der Waals surface area contributed by atoms with Crippen LogP contribution >= 0.6 is 11.6 Å². The maximum absolute atomic E-state index is 11.4. The van der Waals surface area contributed by atoms with Crippen LogP contribution in [0, 0.1) is 0 Å². The maximum Gasteiger partial charge on any atom is 0.364 e. The minimum Gasteiger partial charge on any atom is -0.358 e. The predicted octanol–water partition coefficient (Wildman–Crippen LogP) is 1.26. The fourth-order valence-corrected chi connectivity index (χ4v) is 1.92. The molecular weight excluding hydrogens is 254 g/mol. The summed E-state index contributed by atoms with van der Waals surface area (Å²) in [7, 11) is 1.96. The van der Waals surface area contributed by atoms with Crippen LogP contribution in [0.3, 0.4) is 0 Å². The lowest BCUT2D eigenvalue weighted by Gasteiger charge is -2.17. The summed E-state index contributed by atoms with van der Waals surface area (Å²) in [5.74, 6) is 1.47. The number of alkyl halides is 1. The van der Waals surface area contributed by atoms with Crippen molar-refractivity contribution in [3.05, 3.63) is 22.6 Å². The average molecular weight is 270 g/mol. The van der Waals surface area contributed by atoms with Gasteiger partial charge in [-0.05, 0) is 25.0 Å². The number of rotatable bonds is 6. The third-order valence-electron chi connectivity index (χ3n) is 2.78. The van der Waals surface area contributed by atoms with E-state index < -0.39 is 0 Å². The molecule has 0 aliphatic rings. The van der Waals surface area contributed by atoms with Crippen molar-refractivity contribution in [3.8, 4) is 0 Å². The normalized spacial score (nSPS) is 11.0. The molecule has 0 radical (unpaired) electrons. The second-order valence-corrected chi connectivity index (χ2v) is 4.54. The van der Waals surface area contributed by atoms with Crippen molar-refractivity contribution >= 4 is 23.1 Å². The Morgan fingerprint density at radius 3 is 3.00 bits per heavy atom. The first-order valence-electron chi connectivity index (χ1n) is 5.94. The standard InChI is InChI=1S/C11H16ClN5O/c1-16(8-4-2-3-7-12)10-6-5-9-13-14-11(18)17(9)15-10/h5-6H,2-4,7-8H2,1H3,(H,14,18). The SMILES string of the molecule is CN(CCCCCCl)c1ccc2n[nH]c(=O)n2n1. The van der Waals surface area contributed by atoms with E-state index in [2.05, 4.69) is 15.3 Å². The van der Waals surface area contributed by atoms with Crippen LogP contribution in [0.2, 0.25) is 0 Å². The molecule has 0 saturated carbocycles. The molecule has 2 heterocycles. The van der Waals surface area contributed by atoms with Gasteiger partial charge in [-0.2, -0.15) is 9.61 Å². The number of fused-ring (bicyclic) bond motifs is 1. The Bertz CT molecular complexity index is 564.